The summed E-state index contributed by atoms with van der Waals surface area (Å²) in [6, 6.07) is 24.5. The topological polar surface area (TPSA) is 54.6 Å². The standard InChI is InChI=1S/C34H37ClN2O3/c1-5-28(25-13-12-14-27(23-25)39-4)32(34-33(35)29-15-9-10-16-30(29)36-34)24-18-20-26(21-19-24)40-22-11-7-6-8-17-31(38)37(2)3/h8-10,12-21,23,36H,5-7,11,22H2,1-4H3/b17-8+,32-28+. The second-order valence-corrected chi connectivity index (χ2v) is 10.2. The fourth-order valence-corrected chi connectivity index (χ4v) is 5.00. The Morgan fingerprint density at radius 3 is 2.42 bits per heavy atom. The van der Waals surface area contributed by atoms with Gasteiger partial charge < -0.3 is 19.4 Å². The van der Waals surface area contributed by atoms with Crippen LogP contribution in [0.15, 0.2) is 84.9 Å². The average molecular weight is 557 g/mol. The van der Waals surface area contributed by atoms with Crippen LogP contribution in [0.25, 0.3) is 22.0 Å². The number of aromatic amines is 1. The van der Waals surface area contributed by atoms with Crippen LogP contribution in [0.3, 0.4) is 0 Å². The van der Waals surface area contributed by atoms with Crippen molar-refractivity contribution >= 4 is 39.6 Å². The van der Waals surface area contributed by atoms with Crippen molar-refractivity contribution in [1.82, 2.24) is 9.88 Å². The van der Waals surface area contributed by atoms with Crippen molar-refractivity contribution < 1.29 is 14.3 Å². The summed E-state index contributed by atoms with van der Waals surface area (Å²) in [5, 5.41) is 1.71. The number of nitrogens with one attached hydrogen (secondary N) is 1. The number of carbonyl (C=O) groups excluding carboxylic acids is 1. The van der Waals surface area contributed by atoms with Crippen LogP contribution in [0.1, 0.15) is 49.4 Å². The molecule has 1 aromatic heterocycles. The second-order valence-electron chi connectivity index (χ2n) is 9.80. The number of likely N-dealkylation sites (N-methyl/N-ethyl adjacent to an activating group) is 1. The molecule has 40 heavy (non-hydrogen) atoms. The van der Waals surface area contributed by atoms with Gasteiger partial charge in [0.2, 0.25) is 5.91 Å². The van der Waals surface area contributed by atoms with Crippen molar-refractivity contribution in [2.45, 2.75) is 32.6 Å². The molecule has 0 aliphatic rings. The minimum atomic E-state index is 0.0103. The smallest absolute Gasteiger partial charge is 0.245 e. The highest BCUT2D eigenvalue weighted by atomic mass is 35.5. The maximum absolute atomic E-state index is 11.6. The molecule has 0 fully saturated rings. The number of hydrogen-bond donors (Lipinski definition) is 1. The molecule has 1 N–H and O–H groups in total. The number of rotatable bonds is 12. The van der Waals surface area contributed by atoms with E-state index in [1.165, 1.54) is 5.57 Å². The molecule has 0 radical (unpaired) electrons. The number of aromatic nitrogens is 1. The van der Waals surface area contributed by atoms with Crippen molar-refractivity contribution in [1.29, 1.82) is 0 Å². The number of para-hydroxylation sites is 1. The molecule has 0 aliphatic heterocycles. The molecule has 4 aromatic rings. The molecule has 3 aromatic carbocycles. The van der Waals surface area contributed by atoms with E-state index in [2.05, 4.69) is 36.2 Å². The normalized spacial score (nSPS) is 12.0. The van der Waals surface area contributed by atoms with Gasteiger partial charge in [0.25, 0.3) is 0 Å². The number of carbonyl (C=O) groups is 1. The lowest BCUT2D eigenvalue weighted by atomic mass is 9.90. The van der Waals surface area contributed by atoms with E-state index in [0.29, 0.717) is 11.6 Å². The van der Waals surface area contributed by atoms with Gasteiger partial charge in [0.1, 0.15) is 11.5 Å². The van der Waals surface area contributed by atoms with Crippen LogP contribution in [0.2, 0.25) is 5.02 Å². The lowest BCUT2D eigenvalue weighted by Crippen LogP contribution is -2.18. The molecule has 4 rings (SSSR count). The van der Waals surface area contributed by atoms with E-state index < -0.39 is 0 Å². The highest BCUT2D eigenvalue weighted by molar-refractivity contribution is 6.38. The van der Waals surface area contributed by atoms with E-state index in [1.54, 1.807) is 32.2 Å². The fourth-order valence-electron chi connectivity index (χ4n) is 4.69. The molecule has 1 heterocycles. The monoisotopic (exact) mass is 556 g/mol. The Bertz CT molecular complexity index is 1500. The van der Waals surface area contributed by atoms with E-state index in [9.17, 15) is 4.79 Å². The predicted octanol–water partition coefficient (Wildman–Crippen LogP) is 8.39. The first kappa shape index (κ1) is 29.0. The van der Waals surface area contributed by atoms with Crippen LogP contribution in [0, 0.1) is 0 Å². The SMILES string of the molecule is CC/C(=C(/c1ccc(OCCCC/C=C/C(=O)N(C)C)cc1)c1[nH]c2ccccc2c1Cl)c1cccc(OC)c1. The van der Waals surface area contributed by atoms with E-state index in [1.807, 2.05) is 54.6 Å². The zero-order valence-corrected chi connectivity index (χ0v) is 24.4. The van der Waals surface area contributed by atoms with Gasteiger partial charge in [0.05, 0.1) is 24.4 Å². The van der Waals surface area contributed by atoms with Gasteiger partial charge in [-0.1, -0.05) is 67.1 Å². The zero-order valence-electron chi connectivity index (χ0n) is 23.7. The zero-order chi connectivity index (χ0) is 28.5. The maximum atomic E-state index is 11.6. The van der Waals surface area contributed by atoms with Crippen LogP contribution in [0.5, 0.6) is 11.5 Å². The van der Waals surface area contributed by atoms with Gasteiger partial charge in [0.15, 0.2) is 0 Å². The summed E-state index contributed by atoms with van der Waals surface area (Å²) >= 11 is 6.99. The lowest BCUT2D eigenvalue weighted by molar-refractivity contribution is -0.123. The van der Waals surface area contributed by atoms with Crippen LogP contribution in [-0.4, -0.2) is 43.6 Å². The Balaban J connectivity index is 1.58. The molecular weight excluding hydrogens is 520 g/mol. The number of fused-ring (bicyclic) bond motifs is 1. The van der Waals surface area contributed by atoms with E-state index in [4.69, 9.17) is 21.1 Å². The number of hydrogen-bond acceptors (Lipinski definition) is 3. The van der Waals surface area contributed by atoms with Crippen molar-refractivity contribution in [2.24, 2.45) is 0 Å². The Hall–Kier alpha value is -3.96. The van der Waals surface area contributed by atoms with Crippen LogP contribution >= 0.6 is 11.6 Å². The largest absolute Gasteiger partial charge is 0.497 e. The quantitative estimate of drug-likeness (QED) is 0.108. The van der Waals surface area contributed by atoms with Gasteiger partial charge in [-0.05, 0) is 78.8 Å². The molecule has 0 aliphatic carbocycles. The molecule has 0 saturated heterocycles. The first-order chi connectivity index (χ1) is 19.4. The summed E-state index contributed by atoms with van der Waals surface area (Å²) in [6.45, 7) is 2.78. The van der Waals surface area contributed by atoms with Gasteiger partial charge in [-0.15, -0.1) is 0 Å². The minimum Gasteiger partial charge on any atom is -0.497 e. The number of halogens is 1. The highest BCUT2D eigenvalue weighted by Crippen LogP contribution is 2.41. The Morgan fingerprint density at radius 2 is 1.73 bits per heavy atom. The van der Waals surface area contributed by atoms with Gasteiger partial charge in [-0.2, -0.15) is 0 Å². The molecule has 5 nitrogen and oxygen atoms in total. The Morgan fingerprint density at radius 1 is 0.950 bits per heavy atom. The molecule has 0 saturated carbocycles. The number of ether oxygens (including phenoxy) is 2. The van der Waals surface area contributed by atoms with Crippen LogP contribution < -0.4 is 9.47 Å². The Kier molecular flexibility index (Phi) is 10.1. The molecule has 0 bridgehead atoms. The highest BCUT2D eigenvalue weighted by Gasteiger charge is 2.20. The van der Waals surface area contributed by atoms with Crippen molar-refractivity contribution in [3.63, 3.8) is 0 Å². The lowest BCUT2D eigenvalue weighted by Gasteiger charge is -2.17. The van der Waals surface area contributed by atoms with Gasteiger partial charge in [-0.3, -0.25) is 4.79 Å². The third kappa shape index (κ3) is 6.97. The summed E-state index contributed by atoms with van der Waals surface area (Å²) < 4.78 is 11.5. The molecular formula is C34H37ClN2O3. The van der Waals surface area contributed by atoms with E-state index in [0.717, 1.165) is 70.5 Å². The molecule has 208 valence electrons. The number of allylic oxidation sites excluding steroid dienone is 2. The fraction of sp³-hybridized carbons (Fsp3) is 0.265. The summed E-state index contributed by atoms with van der Waals surface area (Å²) in [4.78, 5) is 16.8. The van der Waals surface area contributed by atoms with Gasteiger partial charge in [-0.25, -0.2) is 0 Å². The average Bonchev–Trinajstić information content (AvgIpc) is 3.31. The van der Waals surface area contributed by atoms with Crippen LogP contribution in [-0.2, 0) is 4.79 Å². The summed E-state index contributed by atoms with van der Waals surface area (Å²) in [5.74, 6) is 1.65. The number of nitrogens with zero attached hydrogens (tertiary/aromatic N) is 1. The molecule has 0 unspecified atom stereocenters. The van der Waals surface area contributed by atoms with Crippen molar-refractivity contribution in [2.75, 3.05) is 27.8 Å². The summed E-state index contributed by atoms with van der Waals surface area (Å²) in [6.07, 6.45) is 7.08. The molecule has 6 heteroatoms. The summed E-state index contributed by atoms with van der Waals surface area (Å²) in [5.41, 5.74) is 6.27. The minimum absolute atomic E-state index is 0.0103. The van der Waals surface area contributed by atoms with Gasteiger partial charge >= 0.3 is 0 Å². The predicted molar refractivity (Wildman–Crippen MR) is 166 cm³/mol. The third-order valence-electron chi connectivity index (χ3n) is 6.84. The molecule has 0 atom stereocenters. The Labute approximate surface area is 242 Å². The number of H-pyrrole nitrogens is 1. The van der Waals surface area contributed by atoms with Crippen molar-refractivity contribution in [3.8, 4) is 11.5 Å². The first-order valence-electron chi connectivity index (χ1n) is 13.7. The number of methoxy groups -OCH3 is 1. The molecule has 0 spiro atoms. The number of unbranched alkanes of at least 4 members (excludes halogenated alkanes) is 2. The van der Waals surface area contributed by atoms with Crippen molar-refractivity contribution in [3.05, 3.63) is 107 Å². The van der Waals surface area contributed by atoms with E-state index in [-0.39, 0.29) is 5.91 Å². The first-order valence-corrected chi connectivity index (χ1v) is 14.1. The molecule has 1 amide bonds. The second kappa shape index (κ2) is 13.9. The maximum Gasteiger partial charge on any atom is 0.245 e. The number of amides is 1. The summed E-state index contributed by atoms with van der Waals surface area (Å²) in [7, 11) is 5.19. The van der Waals surface area contributed by atoms with Crippen LogP contribution in [0.4, 0.5) is 0 Å². The third-order valence-corrected chi connectivity index (χ3v) is 7.24. The van der Waals surface area contributed by atoms with Gasteiger partial charge in [0, 0.05) is 30.6 Å². The van der Waals surface area contributed by atoms with E-state index >= 15 is 0 Å². The number of benzene rings is 3.